The van der Waals surface area contributed by atoms with Gasteiger partial charge in [0, 0.05) is 19.8 Å². The first-order valence-corrected chi connectivity index (χ1v) is 11.6. The normalized spacial score (nSPS) is 10.9. The monoisotopic (exact) mass is 504 g/mol. The molecule has 0 bridgehead atoms. The zero-order valence-corrected chi connectivity index (χ0v) is 20.8. The molecule has 3 N–H and O–H groups in total. The maximum absolute atomic E-state index is 13.5. The van der Waals surface area contributed by atoms with Crippen LogP contribution >= 0.6 is 0 Å². The number of aromatic nitrogens is 3. The van der Waals surface area contributed by atoms with Crippen molar-refractivity contribution < 1.29 is 20.3 Å². The zero-order valence-electron chi connectivity index (χ0n) is 20.8. The van der Waals surface area contributed by atoms with Gasteiger partial charge in [-0.25, -0.2) is 14.5 Å². The van der Waals surface area contributed by atoms with Crippen molar-refractivity contribution in [3.63, 3.8) is 0 Å². The Morgan fingerprint density at radius 2 is 1.68 bits per heavy atom. The fraction of sp³-hybridized carbons (Fsp3) is 0.222. The average molecular weight is 505 g/mol. The second-order valence-electron chi connectivity index (χ2n) is 8.69. The summed E-state index contributed by atoms with van der Waals surface area (Å²) in [5.41, 5.74) is 6.74. The molecule has 0 saturated carbocycles. The van der Waals surface area contributed by atoms with E-state index < -0.39 is 0 Å². The van der Waals surface area contributed by atoms with Gasteiger partial charge in [0.1, 0.15) is 18.9 Å². The summed E-state index contributed by atoms with van der Waals surface area (Å²) in [7, 11) is 3.93. The number of nitrogens with zero attached hydrogens (tertiary/aromatic N) is 3. The van der Waals surface area contributed by atoms with Crippen LogP contribution in [0.15, 0.2) is 63.9 Å². The van der Waals surface area contributed by atoms with E-state index in [-0.39, 0.29) is 30.9 Å². The van der Waals surface area contributed by atoms with Crippen molar-refractivity contribution in [2.75, 3.05) is 25.6 Å². The largest absolute Gasteiger partial charge is 0.378 e. The Morgan fingerprint density at radius 1 is 0.973 bits per heavy atom. The highest BCUT2D eigenvalue weighted by molar-refractivity contribution is 5.83. The summed E-state index contributed by atoms with van der Waals surface area (Å²) in [6.45, 7) is 1.62. The van der Waals surface area contributed by atoms with E-state index in [1.54, 1.807) is 43.3 Å². The quantitative estimate of drug-likeness (QED) is 0.181. The number of hydrogen-bond acceptors (Lipinski definition) is 7. The minimum atomic E-state index is -0.352. The van der Waals surface area contributed by atoms with Crippen molar-refractivity contribution in [1.29, 1.82) is 0 Å². The van der Waals surface area contributed by atoms with Crippen molar-refractivity contribution >= 4 is 28.9 Å². The fourth-order valence-electron chi connectivity index (χ4n) is 4.10. The Kier molecular flexibility index (Phi) is 7.88. The molecule has 2 aromatic carbocycles. The van der Waals surface area contributed by atoms with Gasteiger partial charge in [0.25, 0.3) is 11.1 Å². The number of H-pyrrole nitrogens is 1. The Bertz CT molecular complexity index is 1570. The second-order valence-corrected chi connectivity index (χ2v) is 8.69. The van der Waals surface area contributed by atoms with Crippen LogP contribution in [0.3, 0.4) is 0 Å². The van der Waals surface area contributed by atoms with Crippen molar-refractivity contribution in [2.24, 2.45) is 0 Å². The first kappa shape index (κ1) is 25.9. The lowest BCUT2D eigenvalue weighted by molar-refractivity contribution is -0.253. The summed E-state index contributed by atoms with van der Waals surface area (Å²) in [5.74, 6) is 0. The van der Waals surface area contributed by atoms with Crippen LogP contribution in [-0.2, 0) is 22.9 Å². The predicted octanol–water partition coefficient (Wildman–Crippen LogP) is 3.66. The molecule has 0 fully saturated rings. The molecule has 0 saturated heterocycles. The number of benzene rings is 2. The predicted molar refractivity (Wildman–Crippen MR) is 142 cm³/mol. The third-order valence-corrected chi connectivity index (χ3v) is 6.12. The Labute approximate surface area is 212 Å². The van der Waals surface area contributed by atoms with Gasteiger partial charge >= 0.3 is 0 Å². The molecule has 10 nitrogen and oxygen atoms in total. The van der Waals surface area contributed by atoms with E-state index in [0.717, 1.165) is 16.8 Å². The first-order valence-electron chi connectivity index (χ1n) is 11.6. The number of nitrogens with one attached hydrogen (secondary N) is 1. The first-order chi connectivity index (χ1) is 17.8. The number of pyridine rings is 1. The molecule has 37 heavy (non-hydrogen) atoms. The van der Waals surface area contributed by atoms with Crippen LogP contribution in [0.1, 0.15) is 22.3 Å². The number of aromatic amines is 1. The van der Waals surface area contributed by atoms with E-state index >= 15 is 0 Å². The molecule has 4 rings (SSSR count). The highest BCUT2D eigenvalue weighted by Crippen LogP contribution is 2.19. The van der Waals surface area contributed by atoms with E-state index in [4.69, 9.17) is 10.5 Å². The summed E-state index contributed by atoms with van der Waals surface area (Å²) >= 11 is 0. The molecule has 10 heteroatoms. The van der Waals surface area contributed by atoms with Crippen LogP contribution < -0.4 is 16.0 Å². The lowest BCUT2D eigenvalue weighted by Gasteiger charge is -2.11. The van der Waals surface area contributed by atoms with E-state index in [1.807, 2.05) is 43.3 Å². The van der Waals surface area contributed by atoms with Crippen LogP contribution in [0.4, 0.5) is 5.69 Å². The lowest BCUT2D eigenvalue weighted by Crippen LogP contribution is -2.26. The molecule has 0 atom stereocenters. The van der Waals surface area contributed by atoms with Crippen molar-refractivity contribution in [3.05, 3.63) is 97.2 Å². The van der Waals surface area contributed by atoms with Gasteiger partial charge in [0.15, 0.2) is 0 Å². The van der Waals surface area contributed by atoms with E-state index in [0.29, 0.717) is 27.8 Å². The van der Waals surface area contributed by atoms with Gasteiger partial charge in [-0.2, -0.15) is 0 Å². The lowest BCUT2D eigenvalue weighted by atomic mass is 10.1. The van der Waals surface area contributed by atoms with E-state index in [2.05, 4.69) is 20.6 Å². The Hall–Kier alpha value is -4.18. The highest BCUT2D eigenvalue weighted by atomic mass is 17.1. The third-order valence-electron chi connectivity index (χ3n) is 6.12. The van der Waals surface area contributed by atoms with Crippen LogP contribution in [0.2, 0.25) is 0 Å². The van der Waals surface area contributed by atoms with Crippen molar-refractivity contribution in [1.82, 2.24) is 14.3 Å². The minimum absolute atomic E-state index is 0.0186. The molecule has 0 aliphatic rings. The maximum atomic E-state index is 13.5. The van der Waals surface area contributed by atoms with Gasteiger partial charge in [-0.05, 0) is 60.0 Å². The average Bonchev–Trinajstić information content (AvgIpc) is 3.24. The topological polar surface area (TPSA) is 122 Å². The number of anilines is 1. The standard InChI is InChI=1S/C27H28N4O6/c1-18-23(6-4-5-19-7-11-21(12-8-19)29(2)3)26(32)30(15-16-36-34)25-24(18)27(33)31(28-25)22-13-9-20(10-14-22)17-37-35/h5-14,28,34-35H,15-17H2,1-3H3. The molecular formula is C27H28N4O6. The summed E-state index contributed by atoms with van der Waals surface area (Å²) in [5, 5.41) is 20.9. The van der Waals surface area contributed by atoms with Gasteiger partial charge in [-0.1, -0.05) is 24.3 Å². The number of aryl methyl sites for hydroxylation is 1. The summed E-state index contributed by atoms with van der Waals surface area (Å²) in [4.78, 5) is 37.2. The smallest absolute Gasteiger partial charge is 0.281 e. The fourth-order valence-corrected chi connectivity index (χ4v) is 4.10. The molecule has 2 aromatic heterocycles. The zero-order chi connectivity index (χ0) is 26.5. The molecule has 4 aromatic rings. The molecule has 0 spiro atoms. The van der Waals surface area contributed by atoms with Crippen molar-refractivity contribution in [2.45, 2.75) is 20.1 Å². The molecule has 0 aliphatic heterocycles. The number of rotatable bonds is 9. The number of fused-ring (bicyclic) bond motifs is 1. The van der Waals surface area contributed by atoms with Crippen molar-refractivity contribution in [3.8, 4) is 5.69 Å². The summed E-state index contributed by atoms with van der Waals surface area (Å²) in [6, 6.07) is 14.7. The molecule has 0 unspecified atom stereocenters. The number of hydrogen-bond donors (Lipinski definition) is 3. The minimum Gasteiger partial charge on any atom is -0.378 e. The molecule has 2 heterocycles. The van der Waals surface area contributed by atoms with Crippen LogP contribution in [0, 0.1) is 6.92 Å². The second kappa shape index (κ2) is 11.3. The molecule has 0 aliphatic carbocycles. The molecule has 192 valence electrons. The van der Waals surface area contributed by atoms with Gasteiger partial charge in [-0.15, -0.1) is 5.73 Å². The highest BCUT2D eigenvalue weighted by Gasteiger charge is 2.19. The molecule has 0 radical (unpaired) electrons. The van der Waals surface area contributed by atoms with Gasteiger partial charge in [-0.3, -0.25) is 29.8 Å². The van der Waals surface area contributed by atoms with Gasteiger partial charge in [0.2, 0.25) is 0 Å². The third kappa shape index (κ3) is 5.34. The maximum Gasteiger partial charge on any atom is 0.281 e. The molecule has 0 amide bonds. The summed E-state index contributed by atoms with van der Waals surface area (Å²) in [6.07, 6.45) is 3.32. The SMILES string of the molecule is Cc1c(C=C=Cc2ccc(N(C)C)cc2)c(=O)n(CCOO)c2[nH]n(-c3ccc(COO)cc3)c(=O)c12. The Morgan fingerprint density at radius 3 is 2.30 bits per heavy atom. The van der Waals surface area contributed by atoms with Crippen LogP contribution in [-0.4, -0.2) is 45.6 Å². The van der Waals surface area contributed by atoms with E-state index in [9.17, 15) is 9.59 Å². The van der Waals surface area contributed by atoms with Gasteiger partial charge in [0.05, 0.1) is 23.2 Å². The van der Waals surface area contributed by atoms with Crippen LogP contribution in [0.5, 0.6) is 0 Å². The summed E-state index contributed by atoms with van der Waals surface area (Å²) < 4.78 is 2.70. The van der Waals surface area contributed by atoms with E-state index in [1.165, 1.54) is 9.25 Å². The van der Waals surface area contributed by atoms with Gasteiger partial charge < -0.3 is 4.90 Å². The molecular weight excluding hydrogens is 476 g/mol. The Balaban J connectivity index is 1.83. The van der Waals surface area contributed by atoms with Crippen LogP contribution in [0.25, 0.3) is 28.9 Å².